The summed E-state index contributed by atoms with van der Waals surface area (Å²) < 4.78 is 0. The highest BCUT2D eigenvalue weighted by atomic mass is 16.3. The van der Waals surface area contributed by atoms with Gasteiger partial charge in [0, 0.05) is 28.7 Å². The molecule has 122 valence electrons. The smallest absolute Gasteiger partial charge is 0.210 e. The topological polar surface area (TPSA) is 118 Å². The molecule has 2 aromatic rings. The van der Waals surface area contributed by atoms with E-state index in [0.717, 1.165) is 0 Å². The van der Waals surface area contributed by atoms with Crippen LogP contribution in [0.4, 0.5) is 11.4 Å². The van der Waals surface area contributed by atoms with Crippen molar-refractivity contribution in [3.8, 4) is 0 Å². The molecule has 0 amide bonds. The Bertz CT molecular complexity index is 826. The molecule has 6 N–H and O–H groups in total. The van der Waals surface area contributed by atoms with Crippen LogP contribution in [-0.4, -0.2) is 22.4 Å². The molecule has 0 bridgehead atoms. The lowest BCUT2D eigenvalue weighted by Crippen LogP contribution is -2.47. The standard InChI is InChI=1S/C18H17N3O3/c19-13-5-1-11(2-6-13)15-9-17(23)18(24,21-15)10-16(22)12-3-7-14(20)8-4-12/h1-9,21,24H,10,19-20H2. The lowest BCUT2D eigenvalue weighted by atomic mass is 9.99. The lowest BCUT2D eigenvalue weighted by molar-refractivity contribution is -0.132. The first-order valence-electron chi connectivity index (χ1n) is 7.39. The quantitative estimate of drug-likeness (QED) is 0.498. The van der Waals surface area contributed by atoms with Crippen molar-refractivity contribution in [1.82, 2.24) is 5.32 Å². The highest BCUT2D eigenvalue weighted by molar-refractivity contribution is 6.10. The third-order valence-corrected chi connectivity index (χ3v) is 3.90. The molecular weight excluding hydrogens is 306 g/mol. The van der Waals surface area contributed by atoms with Crippen molar-refractivity contribution >= 4 is 28.6 Å². The van der Waals surface area contributed by atoms with E-state index in [0.29, 0.717) is 28.2 Å². The van der Waals surface area contributed by atoms with Crippen molar-refractivity contribution in [3.05, 3.63) is 65.7 Å². The second-order valence-corrected chi connectivity index (χ2v) is 5.75. The molecule has 6 nitrogen and oxygen atoms in total. The number of hydrogen-bond donors (Lipinski definition) is 4. The Morgan fingerprint density at radius 3 is 2.12 bits per heavy atom. The van der Waals surface area contributed by atoms with Crippen LogP contribution in [0.25, 0.3) is 5.70 Å². The predicted molar refractivity (Wildman–Crippen MR) is 91.7 cm³/mol. The maximum atomic E-state index is 12.3. The number of hydrogen-bond acceptors (Lipinski definition) is 6. The molecule has 0 radical (unpaired) electrons. The van der Waals surface area contributed by atoms with Gasteiger partial charge in [0.25, 0.3) is 0 Å². The molecule has 0 aromatic heterocycles. The number of carbonyl (C=O) groups is 2. The van der Waals surface area contributed by atoms with Gasteiger partial charge in [-0.25, -0.2) is 0 Å². The van der Waals surface area contributed by atoms with Gasteiger partial charge >= 0.3 is 0 Å². The zero-order valence-electron chi connectivity index (χ0n) is 12.8. The van der Waals surface area contributed by atoms with E-state index in [-0.39, 0.29) is 12.2 Å². The van der Waals surface area contributed by atoms with Gasteiger partial charge in [-0.3, -0.25) is 9.59 Å². The summed E-state index contributed by atoms with van der Waals surface area (Å²) in [5.41, 5.74) is 11.9. The van der Waals surface area contributed by atoms with E-state index in [4.69, 9.17) is 11.5 Å². The van der Waals surface area contributed by atoms with Gasteiger partial charge in [-0.2, -0.15) is 0 Å². The number of Topliss-reactive ketones (excluding diaryl/α,β-unsaturated/α-hetero) is 1. The van der Waals surface area contributed by atoms with Crippen molar-refractivity contribution in [3.63, 3.8) is 0 Å². The Morgan fingerprint density at radius 1 is 1.00 bits per heavy atom. The minimum absolute atomic E-state index is 0.356. The van der Waals surface area contributed by atoms with Gasteiger partial charge in [-0.05, 0) is 42.0 Å². The second-order valence-electron chi connectivity index (χ2n) is 5.75. The molecule has 6 heteroatoms. The third-order valence-electron chi connectivity index (χ3n) is 3.90. The van der Waals surface area contributed by atoms with E-state index >= 15 is 0 Å². The van der Waals surface area contributed by atoms with Crippen molar-refractivity contribution in [2.45, 2.75) is 12.1 Å². The lowest BCUT2D eigenvalue weighted by Gasteiger charge is -2.22. The summed E-state index contributed by atoms with van der Waals surface area (Å²) >= 11 is 0. The number of rotatable bonds is 4. The van der Waals surface area contributed by atoms with E-state index in [9.17, 15) is 14.7 Å². The summed E-state index contributed by atoms with van der Waals surface area (Å²) in [6, 6.07) is 13.2. The molecule has 2 aromatic carbocycles. The molecule has 0 saturated heterocycles. The summed E-state index contributed by atoms with van der Waals surface area (Å²) in [7, 11) is 0. The normalized spacial score (nSPS) is 19.7. The number of nitrogen functional groups attached to an aromatic ring is 2. The largest absolute Gasteiger partial charge is 0.399 e. The molecule has 0 aliphatic carbocycles. The Labute approximate surface area is 138 Å². The average Bonchev–Trinajstić information content (AvgIpc) is 2.83. The van der Waals surface area contributed by atoms with E-state index in [1.807, 2.05) is 0 Å². The fraction of sp³-hybridized carbons (Fsp3) is 0.111. The average molecular weight is 323 g/mol. The molecule has 3 rings (SSSR count). The minimum Gasteiger partial charge on any atom is -0.399 e. The van der Waals surface area contributed by atoms with Crippen molar-refractivity contribution < 1.29 is 14.7 Å². The van der Waals surface area contributed by atoms with Crippen molar-refractivity contribution in [1.29, 1.82) is 0 Å². The molecular formula is C18H17N3O3. The van der Waals surface area contributed by atoms with Crippen molar-refractivity contribution in [2.24, 2.45) is 0 Å². The van der Waals surface area contributed by atoms with Crippen LogP contribution in [0, 0.1) is 0 Å². The van der Waals surface area contributed by atoms with Gasteiger partial charge in [-0.15, -0.1) is 0 Å². The van der Waals surface area contributed by atoms with Crippen molar-refractivity contribution in [2.75, 3.05) is 11.5 Å². The minimum atomic E-state index is -1.95. The van der Waals surface area contributed by atoms with Crippen LogP contribution in [0.2, 0.25) is 0 Å². The molecule has 1 atom stereocenters. The molecule has 1 aliphatic rings. The predicted octanol–water partition coefficient (Wildman–Crippen LogP) is 1.33. The Morgan fingerprint density at radius 2 is 1.54 bits per heavy atom. The summed E-state index contributed by atoms with van der Waals surface area (Å²) in [6.07, 6.45) is 0.923. The zero-order chi connectivity index (χ0) is 17.3. The Balaban J connectivity index is 1.77. The fourth-order valence-electron chi connectivity index (χ4n) is 2.52. The van der Waals surface area contributed by atoms with Crippen LogP contribution in [0.15, 0.2) is 54.6 Å². The van der Waals surface area contributed by atoms with Crippen LogP contribution in [0.1, 0.15) is 22.3 Å². The Hall–Kier alpha value is -3.12. The van der Waals surface area contributed by atoms with Crippen LogP contribution < -0.4 is 16.8 Å². The first kappa shape index (κ1) is 15.8. The Kier molecular flexibility index (Phi) is 3.83. The van der Waals surface area contributed by atoms with Gasteiger partial charge in [-0.1, -0.05) is 12.1 Å². The maximum Gasteiger partial charge on any atom is 0.210 e. The number of anilines is 2. The molecule has 1 aliphatic heterocycles. The van der Waals surface area contributed by atoms with Gasteiger partial charge in [0.15, 0.2) is 5.78 Å². The monoisotopic (exact) mass is 323 g/mol. The summed E-state index contributed by atoms with van der Waals surface area (Å²) in [5, 5.41) is 13.3. The highest BCUT2D eigenvalue weighted by Gasteiger charge is 2.42. The number of benzene rings is 2. The molecule has 24 heavy (non-hydrogen) atoms. The van der Waals surface area contributed by atoms with Crippen LogP contribution >= 0.6 is 0 Å². The number of nitrogens with two attached hydrogens (primary N) is 2. The summed E-state index contributed by atoms with van der Waals surface area (Å²) in [5.74, 6) is -0.913. The van der Waals surface area contributed by atoms with Crippen LogP contribution in [0.3, 0.4) is 0 Å². The molecule has 0 saturated carbocycles. The fourth-order valence-corrected chi connectivity index (χ4v) is 2.52. The summed E-state index contributed by atoms with van der Waals surface area (Å²) in [4.78, 5) is 24.5. The van der Waals surface area contributed by atoms with Gasteiger partial charge in [0.1, 0.15) is 0 Å². The highest BCUT2D eigenvalue weighted by Crippen LogP contribution is 2.27. The number of nitrogens with one attached hydrogen (secondary N) is 1. The van der Waals surface area contributed by atoms with E-state index in [1.165, 1.54) is 6.08 Å². The number of aliphatic hydroxyl groups is 1. The third kappa shape index (κ3) is 3.00. The van der Waals surface area contributed by atoms with Gasteiger partial charge < -0.3 is 21.9 Å². The second kappa shape index (κ2) is 5.82. The molecule has 0 fully saturated rings. The molecule has 1 unspecified atom stereocenters. The molecule has 1 heterocycles. The van der Waals surface area contributed by atoms with Crippen LogP contribution in [-0.2, 0) is 4.79 Å². The van der Waals surface area contributed by atoms with Gasteiger partial charge in [0.2, 0.25) is 11.5 Å². The van der Waals surface area contributed by atoms with Crippen LogP contribution in [0.5, 0.6) is 0 Å². The zero-order valence-corrected chi connectivity index (χ0v) is 12.8. The van der Waals surface area contributed by atoms with E-state index < -0.39 is 11.5 Å². The number of ketones is 2. The van der Waals surface area contributed by atoms with E-state index in [1.54, 1.807) is 48.5 Å². The maximum absolute atomic E-state index is 12.3. The number of carbonyl (C=O) groups excluding carboxylic acids is 2. The first-order valence-corrected chi connectivity index (χ1v) is 7.39. The first-order chi connectivity index (χ1) is 11.4. The van der Waals surface area contributed by atoms with E-state index in [2.05, 4.69) is 5.32 Å². The van der Waals surface area contributed by atoms with Gasteiger partial charge in [0.05, 0.1) is 6.42 Å². The SMILES string of the molecule is Nc1ccc(C(=O)CC2(O)NC(c3ccc(N)cc3)=CC2=O)cc1. The summed E-state index contributed by atoms with van der Waals surface area (Å²) in [6.45, 7) is 0. The molecule has 0 spiro atoms.